The summed E-state index contributed by atoms with van der Waals surface area (Å²) in [6, 6.07) is 14.3. The Morgan fingerprint density at radius 3 is 2.66 bits per heavy atom. The van der Waals surface area contributed by atoms with E-state index in [1.807, 2.05) is 42.7 Å². The van der Waals surface area contributed by atoms with Gasteiger partial charge in [0.2, 0.25) is 0 Å². The highest BCUT2D eigenvalue weighted by atomic mass is 79.9. The van der Waals surface area contributed by atoms with Crippen molar-refractivity contribution in [3.05, 3.63) is 86.8 Å². The largest absolute Gasteiger partial charge is 0.478 e. The number of fused-ring (bicyclic) bond motifs is 1. The predicted molar refractivity (Wildman–Crippen MR) is 126 cm³/mol. The fourth-order valence-corrected chi connectivity index (χ4v) is 4.11. The normalized spacial score (nSPS) is 11.4. The van der Waals surface area contributed by atoms with Crippen molar-refractivity contribution in [1.82, 2.24) is 9.99 Å². The maximum atomic E-state index is 12.4. The summed E-state index contributed by atoms with van der Waals surface area (Å²) in [7, 11) is 0. The summed E-state index contributed by atoms with van der Waals surface area (Å²) in [5, 5.41) is 14.3. The van der Waals surface area contributed by atoms with E-state index in [1.54, 1.807) is 37.4 Å². The molecule has 0 unspecified atom stereocenters. The highest BCUT2D eigenvalue weighted by Gasteiger charge is 2.16. The molecule has 2 aromatic carbocycles. The first kappa shape index (κ1) is 21.6. The number of hydrazone groups is 1. The lowest BCUT2D eigenvalue weighted by Crippen LogP contribution is -2.16. The first-order valence-electron chi connectivity index (χ1n) is 9.81. The molecular formula is C24H20BrN3O4. The molecule has 1 amide bonds. The van der Waals surface area contributed by atoms with Crippen molar-refractivity contribution in [2.24, 2.45) is 5.10 Å². The average molecular weight is 494 g/mol. The third kappa shape index (κ3) is 3.97. The van der Waals surface area contributed by atoms with Crippen LogP contribution in [0, 0.1) is 20.8 Å². The first-order chi connectivity index (χ1) is 15.3. The molecule has 2 heterocycles. The molecule has 0 saturated carbocycles. The van der Waals surface area contributed by atoms with Crippen LogP contribution in [0.5, 0.6) is 0 Å². The Balaban J connectivity index is 1.57. The smallest absolute Gasteiger partial charge is 0.336 e. The minimum Gasteiger partial charge on any atom is -0.478 e. The number of nitrogens with zero attached hydrogens (tertiary/aromatic N) is 2. The van der Waals surface area contributed by atoms with E-state index in [2.05, 4.69) is 26.5 Å². The van der Waals surface area contributed by atoms with Gasteiger partial charge in [-0.05, 0) is 68.8 Å². The number of halogens is 1. The van der Waals surface area contributed by atoms with Crippen LogP contribution < -0.4 is 5.43 Å². The van der Waals surface area contributed by atoms with Crippen LogP contribution >= 0.6 is 15.9 Å². The Bertz CT molecular complexity index is 1400. The summed E-state index contributed by atoms with van der Waals surface area (Å²) in [6.07, 6.45) is 1.56. The second-order valence-corrected chi connectivity index (χ2v) is 8.32. The van der Waals surface area contributed by atoms with Crippen molar-refractivity contribution in [2.45, 2.75) is 20.8 Å². The van der Waals surface area contributed by atoms with Crippen LogP contribution in [0.4, 0.5) is 0 Å². The lowest BCUT2D eigenvalue weighted by Gasteiger charge is -2.14. The van der Waals surface area contributed by atoms with Gasteiger partial charge in [0.1, 0.15) is 5.58 Å². The zero-order chi connectivity index (χ0) is 23.0. The molecule has 0 atom stereocenters. The van der Waals surface area contributed by atoms with Gasteiger partial charge in [-0.2, -0.15) is 5.10 Å². The molecule has 0 saturated heterocycles. The van der Waals surface area contributed by atoms with Gasteiger partial charge in [-0.1, -0.05) is 22.0 Å². The molecule has 0 bridgehead atoms. The van der Waals surface area contributed by atoms with Gasteiger partial charge in [-0.15, -0.1) is 0 Å². The number of hydrogen-bond acceptors (Lipinski definition) is 4. The van der Waals surface area contributed by atoms with Gasteiger partial charge in [-0.3, -0.25) is 4.79 Å². The number of aryl methyl sites for hydroxylation is 1. The number of aromatic carboxylic acids is 1. The Morgan fingerprint density at radius 2 is 1.91 bits per heavy atom. The van der Waals surface area contributed by atoms with Crippen molar-refractivity contribution < 1.29 is 19.1 Å². The zero-order valence-electron chi connectivity index (χ0n) is 17.6. The van der Waals surface area contributed by atoms with Crippen molar-refractivity contribution in [3.63, 3.8) is 0 Å². The second-order valence-electron chi connectivity index (χ2n) is 7.41. The number of hydrogen-bond donors (Lipinski definition) is 2. The number of nitrogens with one attached hydrogen (secondary N) is 1. The van der Waals surface area contributed by atoms with E-state index in [0.717, 1.165) is 32.5 Å². The molecule has 8 heteroatoms. The summed E-state index contributed by atoms with van der Waals surface area (Å²) < 4.78 is 8.45. The van der Waals surface area contributed by atoms with Gasteiger partial charge < -0.3 is 14.1 Å². The number of aromatic nitrogens is 1. The van der Waals surface area contributed by atoms with E-state index in [1.165, 1.54) is 0 Å². The molecule has 0 radical (unpaired) electrons. The minimum atomic E-state index is -0.964. The van der Waals surface area contributed by atoms with Gasteiger partial charge in [0, 0.05) is 32.5 Å². The molecule has 0 spiro atoms. The number of rotatable bonds is 5. The van der Waals surface area contributed by atoms with Gasteiger partial charge in [0.25, 0.3) is 0 Å². The van der Waals surface area contributed by atoms with E-state index < -0.39 is 11.9 Å². The molecule has 0 aliphatic carbocycles. The standard InChI is InChI=1S/C24H20BrN3O4/c1-13-9-17(15(3)28(13)20-6-4-5-19(14(20)2)24(30)31)12-26-27-23(29)22-11-16-10-18(25)7-8-21(16)32-22/h4-12H,1-3H3,(H,27,29)(H,30,31)/b26-12+. The zero-order valence-corrected chi connectivity index (χ0v) is 19.2. The highest BCUT2D eigenvalue weighted by Crippen LogP contribution is 2.25. The van der Waals surface area contributed by atoms with Gasteiger partial charge in [0.05, 0.1) is 11.8 Å². The first-order valence-corrected chi connectivity index (χ1v) is 10.6. The van der Waals surface area contributed by atoms with Crippen molar-refractivity contribution in [2.75, 3.05) is 0 Å². The van der Waals surface area contributed by atoms with Crippen LogP contribution in [0.25, 0.3) is 16.7 Å². The van der Waals surface area contributed by atoms with Crippen LogP contribution in [-0.4, -0.2) is 27.8 Å². The fourth-order valence-electron chi connectivity index (χ4n) is 3.73. The number of amides is 1. The third-order valence-corrected chi connectivity index (χ3v) is 5.81. The van der Waals surface area contributed by atoms with Gasteiger partial charge in [0.15, 0.2) is 5.76 Å². The van der Waals surface area contributed by atoms with Gasteiger partial charge >= 0.3 is 11.9 Å². The van der Waals surface area contributed by atoms with E-state index >= 15 is 0 Å². The molecule has 0 aliphatic heterocycles. The molecular weight excluding hydrogens is 474 g/mol. The lowest BCUT2D eigenvalue weighted by atomic mass is 10.1. The average Bonchev–Trinajstić information content (AvgIpc) is 3.28. The summed E-state index contributed by atoms with van der Waals surface area (Å²) in [5.41, 5.74) is 7.43. The molecule has 0 fully saturated rings. The fraction of sp³-hybridized carbons (Fsp3) is 0.125. The summed E-state index contributed by atoms with van der Waals surface area (Å²) in [6.45, 7) is 5.64. The van der Waals surface area contributed by atoms with Crippen LogP contribution in [0.3, 0.4) is 0 Å². The number of furan rings is 1. The molecule has 4 aromatic rings. The Labute approximate surface area is 192 Å². The topological polar surface area (TPSA) is 96.8 Å². The van der Waals surface area contributed by atoms with E-state index in [-0.39, 0.29) is 11.3 Å². The number of carboxylic acids is 1. The van der Waals surface area contributed by atoms with Crippen LogP contribution in [-0.2, 0) is 0 Å². The van der Waals surface area contributed by atoms with Crippen LogP contribution in [0.15, 0.2) is 62.5 Å². The molecule has 32 heavy (non-hydrogen) atoms. The van der Waals surface area contributed by atoms with Crippen LogP contribution in [0.1, 0.15) is 43.4 Å². The van der Waals surface area contributed by atoms with Crippen molar-refractivity contribution in [3.8, 4) is 5.69 Å². The minimum absolute atomic E-state index is 0.168. The lowest BCUT2D eigenvalue weighted by molar-refractivity contribution is 0.0695. The maximum Gasteiger partial charge on any atom is 0.336 e. The molecule has 4 rings (SSSR count). The Hall–Kier alpha value is -3.65. The quantitative estimate of drug-likeness (QED) is 0.288. The molecule has 7 nitrogen and oxygen atoms in total. The monoisotopic (exact) mass is 493 g/mol. The van der Waals surface area contributed by atoms with Crippen LogP contribution in [0.2, 0.25) is 0 Å². The predicted octanol–water partition coefficient (Wildman–Crippen LogP) is 5.37. The number of carbonyl (C=O) groups excluding carboxylic acids is 1. The molecule has 0 aliphatic rings. The Morgan fingerprint density at radius 1 is 1.12 bits per heavy atom. The van der Waals surface area contributed by atoms with E-state index in [4.69, 9.17) is 4.42 Å². The Kier molecular flexibility index (Phi) is 5.71. The second kappa shape index (κ2) is 8.47. The summed E-state index contributed by atoms with van der Waals surface area (Å²) >= 11 is 3.40. The maximum absolute atomic E-state index is 12.4. The molecule has 2 N–H and O–H groups in total. The summed E-state index contributed by atoms with van der Waals surface area (Å²) in [5.74, 6) is -1.25. The summed E-state index contributed by atoms with van der Waals surface area (Å²) in [4.78, 5) is 23.9. The van der Waals surface area contributed by atoms with E-state index in [0.29, 0.717) is 11.1 Å². The van der Waals surface area contributed by atoms with E-state index in [9.17, 15) is 14.7 Å². The highest BCUT2D eigenvalue weighted by molar-refractivity contribution is 9.10. The number of carboxylic acid groups (broad SMARTS) is 1. The third-order valence-electron chi connectivity index (χ3n) is 5.32. The molecule has 2 aromatic heterocycles. The van der Waals surface area contributed by atoms with Gasteiger partial charge in [-0.25, -0.2) is 10.2 Å². The molecule has 162 valence electrons. The van der Waals surface area contributed by atoms with Crippen molar-refractivity contribution >= 4 is 45.0 Å². The number of benzene rings is 2. The SMILES string of the molecule is Cc1c(C(=O)O)cccc1-n1c(C)cc(/C=N/NC(=O)c2cc3cc(Br)ccc3o2)c1C. The van der Waals surface area contributed by atoms with Crippen molar-refractivity contribution in [1.29, 1.82) is 0 Å². The number of carbonyl (C=O) groups is 2.